The van der Waals surface area contributed by atoms with Gasteiger partial charge in [-0.15, -0.1) is 0 Å². The van der Waals surface area contributed by atoms with Gasteiger partial charge in [-0.3, -0.25) is 9.59 Å². The normalized spacial score (nSPS) is 11.7. The standard InChI is InChI=1S/C19H21ClN2O3/c1-12-8-9-13(2)16(10-12)22-19(24)18(23)21-11-17(25-3)14-6-4-5-7-15(14)20/h4-10,17H,11H2,1-3H3,(H,21,23)(H,22,24). The molecule has 5 nitrogen and oxygen atoms in total. The van der Waals surface area contributed by atoms with Gasteiger partial charge in [0.2, 0.25) is 0 Å². The molecule has 2 rings (SSSR count). The van der Waals surface area contributed by atoms with Gasteiger partial charge < -0.3 is 15.4 Å². The van der Waals surface area contributed by atoms with Crippen LogP contribution in [-0.4, -0.2) is 25.5 Å². The summed E-state index contributed by atoms with van der Waals surface area (Å²) >= 11 is 6.14. The Morgan fingerprint density at radius 1 is 1.12 bits per heavy atom. The summed E-state index contributed by atoms with van der Waals surface area (Å²) in [6.07, 6.45) is -0.439. The van der Waals surface area contributed by atoms with Crippen molar-refractivity contribution in [3.05, 3.63) is 64.2 Å². The van der Waals surface area contributed by atoms with Crippen molar-refractivity contribution >= 4 is 29.1 Å². The van der Waals surface area contributed by atoms with Gasteiger partial charge in [-0.05, 0) is 37.1 Å². The molecule has 0 spiro atoms. The maximum atomic E-state index is 12.1. The Bertz CT molecular complexity index is 777. The van der Waals surface area contributed by atoms with Gasteiger partial charge in [0.1, 0.15) is 6.10 Å². The van der Waals surface area contributed by atoms with Crippen LogP contribution < -0.4 is 10.6 Å². The first-order chi connectivity index (χ1) is 11.9. The molecule has 0 aliphatic carbocycles. The number of aryl methyl sites for hydroxylation is 2. The molecule has 132 valence electrons. The fourth-order valence-corrected chi connectivity index (χ4v) is 2.63. The molecule has 0 heterocycles. The van der Waals surface area contributed by atoms with Crippen LogP contribution in [0, 0.1) is 13.8 Å². The first-order valence-corrected chi connectivity index (χ1v) is 8.24. The van der Waals surface area contributed by atoms with Crippen molar-refractivity contribution in [1.29, 1.82) is 0 Å². The van der Waals surface area contributed by atoms with Crippen molar-refractivity contribution in [3.63, 3.8) is 0 Å². The summed E-state index contributed by atoms with van der Waals surface area (Å²) in [5, 5.41) is 5.75. The molecule has 0 saturated heterocycles. The van der Waals surface area contributed by atoms with Crippen LogP contribution in [0.3, 0.4) is 0 Å². The first-order valence-electron chi connectivity index (χ1n) is 7.86. The highest BCUT2D eigenvalue weighted by Crippen LogP contribution is 2.24. The molecule has 1 atom stereocenters. The molecule has 1 unspecified atom stereocenters. The largest absolute Gasteiger partial charge is 0.375 e. The number of rotatable bonds is 5. The number of hydrogen-bond acceptors (Lipinski definition) is 3. The molecule has 25 heavy (non-hydrogen) atoms. The van der Waals surface area contributed by atoms with E-state index in [0.29, 0.717) is 10.7 Å². The van der Waals surface area contributed by atoms with E-state index in [-0.39, 0.29) is 6.54 Å². The van der Waals surface area contributed by atoms with Gasteiger partial charge in [-0.25, -0.2) is 0 Å². The molecule has 2 aromatic rings. The van der Waals surface area contributed by atoms with Crippen molar-refractivity contribution in [2.24, 2.45) is 0 Å². The molecule has 6 heteroatoms. The third kappa shape index (κ3) is 5.05. The maximum absolute atomic E-state index is 12.1. The number of nitrogens with one attached hydrogen (secondary N) is 2. The Balaban J connectivity index is 1.98. The molecule has 0 aromatic heterocycles. The van der Waals surface area contributed by atoms with E-state index in [9.17, 15) is 9.59 Å². The van der Waals surface area contributed by atoms with Crippen molar-refractivity contribution in [2.45, 2.75) is 20.0 Å². The van der Waals surface area contributed by atoms with Crippen molar-refractivity contribution < 1.29 is 14.3 Å². The summed E-state index contributed by atoms with van der Waals surface area (Å²) in [7, 11) is 1.52. The second kappa shape index (κ2) is 8.65. The SMILES string of the molecule is COC(CNC(=O)C(=O)Nc1cc(C)ccc1C)c1ccccc1Cl. The summed E-state index contributed by atoms with van der Waals surface area (Å²) in [4.78, 5) is 24.2. The molecule has 2 amide bonds. The summed E-state index contributed by atoms with van der Waals surface area (Å²) in [6.45, 7) is 3.92. The Morgan fingerprint density at radius 2 is 1.84 bits per heavy atom. The predicted octanol–water partition coefficient (Wildman–Crippen LogP) is 3.40. The van der Waals surface area contributed by atoms with Gasteiger partial charge in [-0.1, -0.05) is 41.9 Å². The number of amides is 2. The number of carbonyl (C=O) groups is 2. The molecule has 2 aromatic carbocycles. The first kappa shape index (κ1) is 19.0. The summed E-state index contributed by atoms with van der Waals surface area (Å²) in [6, 6.07) is 12.9. The number of methoxy groups -OCH3 is 1. The third-order valence-electron chi connectivity index (χ3n) is 3.83. The highest BCUT2D eigenvalue weighted by atomic mass is 35.5. The number of benzene rings is 2. The van der Waals surface area contributed by atoms with Gasteiger partial charge >= 0.3 is 11.8 Å². The summed E-state index contributed by atoms with van der Waals surface area (Å²) in [5.41, 5.74) is 3.26. The van der Waals surface area contributed by atoms with E-state index in [1.165, 1.54) is 7.11 Å². The number of carbonyl (C=O) groups excluding carboxylic acids is 2. The molecule has 0 bridgehead atoms. The lowest BCUT2D eigenvalue weighted by Gasteiger charge is -2.17. The topological polar surface area (TPSA) is 67.4 Å². The summed E-state index contributed by atoms with van der Waals surface area (Å²) < 4.78 is 5.37. The zero-order valence-electron chi connectivity index (χ0n) is 14.4. The summed E-state index contributed by atoms with van der Waals surface area (Å²) in [5.74, 6) is -1.45. The highest BCUT2D eigenvalue weighted by Gasteiger charge is 2.19. The van der Waals surface area contributed by atoms with Crippen LogP contribution in [0.4, 0.5) is 5.69 Å². The van der Waals surface area contributed by atoms with Crippen molar-refractivity contribution in [1.82, 2.24) is 5.32 Å². The van der Waals surface area contributed by atoms with E-state index in [1.54, 1.807) is 6.07 Å². The average Bonchev–Trinajstić information content (AvgIpc) is 2.59. The Labute approximate surface area is 152 Å². The van der Waals surface area contributed by atoms with Crippen LogP contribution >= 0.6 is 11.6 Å². The van der Waals surface area contributed by atoms with Crippen LogP contribution in [0.5, 0.6) is 0 Å². The van der Waals surface area contributed by atoms with E-state index < -0.39 is 17.9 Å². The van der Waals surface area contributed by atoms with Crippen molar-refractivity contribution in [2.75, 3.05) is 19.0 Å². The van der Waals surface area contributed by atoms with Gasteiger partial charge in [-0.2, -0.15) is 0 Å². The number of hydrogen-bond donors (Lipinski definition) is 2. The Hall–Kier alpha value is -2.37. The minimum atomic E-state index is -0.727. The Kier molecular flexibility index (Phi) is 6.56. The van der Waals surface area contributed by atoms with E-state index in [0.717, 1.165) is 16.7 Å². The maximum Gasteiger partial charge on any atom is 0.313 e. The van der Waals surface area contributed by atoms with E-state index in [1.807, 2.05) is 50.2 Å². The zero-order chi connectivity index (χ0) is 18.4. The Morgan fingerprint density at radius 3 is 2.52 bits per heavy atom. The second-order valence-electron chi connectivity index (χ2n) is 5.73. The van der Waals surface area contributed by atoms with Gasteiger partial charge in [0, 0.05) is 29.9 Å². The second-order valence-corrected chi connectivity index (χ2v) is 6.14. The third-order valence-corrected chi connectivity index (χ3v) is 4.18. The minimum Gasteiger partial charge on any atom is -0.375 e. The minimum absolute atomic E-state index is 0.138. The molecule has 2 N–H and O–H groups in total. The number of anilines is 1. The lowest BCUT2D eigenvalue weighted by atomic mass is 10.1. The molecule has 0 saturated carbocycles. The smallest absolute Gasteiger partial charge is 0.313 e. The lowest BCUT2D eigenvalue weighted by molar-refractivity contribution is -0.136. The number of halogens is 1. The average molecular weight is 361 g/mol. The molecule has 0 aliphatic rings. The van der Waals surface area contributed by atoms with Crippen LogP contribution in [0.2, 0.25) is 5.02 Å². The van der Waals surface area contributed by atoms with Gasteiger partial charge in [0.05, 0.1) is 0 Å². The van der Waals surface area contributed by atoms with Crippen LogP contribution in [-0.2, 0) is 14.3 Å². The lowest BCUT2D eigenvalue weighted by Crippen LogP contribution is -2.38. The molecule has 0 radical (unpaired) electrons. The predicted molar refractivity (Wildman–Crippen MR) is 98.8 cm³/mol. The highest BCUT2D eigenvalue weighted by molar-refractivity contribution is 6.39. The van der Waals surface area contributed by atoms with Crippen LogP contribution in [0.15, 0.2) is 42.5 Å². The van der Waals surface area contributed by atoms with Gasteiger partial charge in [0.15, 0.2) is 0 Å². The van der Waals surface area contributed by atoms with Crippen LogP contribution in [0.25, 0.3) is 0 Å². The van der Waals surface area contributed by atoms with E-state index >= 15 is 0 Å². The van der Waals surface area contributed by atoms with E-state index in [2.05, 4.69) is 10.6 Å². The fraction of sp³-hybridized carbons (Fsp3) is 0.263. The molecule has 0 aliphatic heterocycles. The molecular formula is C19H21ClN2O3. The monoisotopic (exact) mass is 360 g/mol. The van der Waals surface area contributed by atoms with E-state index in [4.69, 9.17) is 16.3 Å². The van der Waals surface area contributed by atoms with Crippen molar-refractivity contribution in [3.8, 4) is 0 Å². The number of ether oxygens (including phenoxy) is 1. The molecular weight excluding hydrogens is 340 g/mol. The molecule has 0 fully saturated rings. The van der Waals surface area contributed by atoms with Crippen LogP contribution in [0.1, 0.15) is 22.8 Å². The zero-order valence-corrected chi connectivity index (χ0v) is 15.2. The van der Waals surface area contributed by atoms with Gasteiger partial charge in [0.25, 0.3) is 0 Å². The quantitative estimate of drug-likeness (QED) is 0.803. The fourth-order valence-electron chi connectivity index (χ4n) is 2.37.